The lowest BCUT2D eigenvalue weighted by Gasteiger charge is -2.39. The quantitative estimate of drug-likeness (QED) is 0.347. The molecule has 6 bridgehead atoms. The lowest BCUT2D eigenvalue weighted by Crippen LogP contribution is -2.57. The second-order valence-corrected chi connectivity index (χ2v) is 10.8. The minimum absolute atomic E-state index is 0.0641. The minimum Gasteiger partial charge on any atom is -0.496 e. The Bertz CT molecular complexity index is 1790. The Morgan fingerprint density at radius 2 is 1.93 bits per heavy atom. The molecule has 0 aliphatic carbocycles. The van der Waals surface area contributed by atoms with Crippen molar-refractivity contribution < 1.29 is 28.2 Å². The van der Waals surface area contributed by atoms with Gasteiger partial charge in [-0.05, 0) is 65.7 Å². The Morgan fingerprint density at radius 1 is 1.04 bits per heavy atom. The number of pyridine rings is 1. The third kappa shape index (κ3) is 6.65. The van der Waals surface area contributed by atoms with Crippen molar-refractivity contribution in [2.75, 3.05) is 31.7 Å². The number of aromatic nitrogens is 1. The van der Waals surface area contributed by atoms with Crippen molar-refractivity contribution in [3.63, 3.8) is 0 Å². The summed E-state index contributed by atoms with van der Waals surface area (Å²) in [6.45, 7) is 0.604. The Balaban J connectivity index is 1.39. The van der Waals surface area contributed by atoms with Gasteiger partial charge >= 0.3 is 0 Å². The van der Waals surface area contributed by atoms with Crippen LogP contribution in [0.3, 0.4) is 0 Å². The van der Waals surface area contributed by atoms with Crippen molar-refractivity contribution in [2.24, 2.45) is 0 Å². The van der Waals surface area contributed by atoms with Crippen molar-refractivity contribution in [1.82, 2.24) is 15.6 Å². The van der Waals surface area contributed by atoms with E-state index in [1.807, 2.05) is 11.0 Å². The molecular weight excluding hydrogens is 577 g/mol. The number of methoxy groups -OCH3 is 1. The zero-order chi connectivity index (χ0) is 31.3. The molecule has 2 amide bonds. The molecule has 3 aromatic carbocycles. The van der Waals surface area contributed by atoms with Crippen LogP contribution in [0.25, 0.3) is 11.1 Å². The number of hydrogen-bond donors (Lipinski definition) is 2. The predicted octanol–water partition coefficient (Wildman–Crippen LogP) is 4.23. The smallest absolute Gasteiger partial charge is 0.258 e. The molecule has 1 fully saturated rings. The number of ether oxygens (including phenoxy) is 3. The number of halogens is 1. The van der Waals surface area contributed by atoms with Crippen LogP contribution in [-0.4, -0.2) is 55.8 Å². The molecule has 0 radical (unpaired) electrons. The second kappa shape index (κ2) is 12.9. The van der Waals surface area contributed by atoms with Gasteiger partial charge in [-0.25, -0.2) is 9.37 Å². The number of anilines is 1. The van der Waals surface area contributed by atoms with Crippen LogP contribution in [0, 0.1) is 17.1 Å². The van der Waals surface area contributed by atoms with Gasteiger partial charge in [-0.1, -0.05) is 12.1 Å². The lowest BCUT2D eigenvalue weighted by molar-refractivity contribution is -0.123. The molecule has 0 unspecified atom stereocenters. The number of nitriles is 1. The highest BCUT2D eigenvalue weighted by Gasteiger charge is 2.34. The zero-order valence-electron chi connectivity index (χ0n) is 24.5. The van der Waals surface area contributed by atoms with Crippen molar-refractivity contribution in [3.8, 4) is 34.4 Å². The predicted molar refractivity (Wildman–Crippen MR) is 164 cm³/mol. The summed E-state index contributed by atoms with van der Waals surface area (Å²) in [6, 6.07) is 21.6. The summed E-state index contributed by atoms with van der Waals surface area (Å²) in [5.41, 5.74) is 2.70. The van der Waals surface area contributed by atoms with Crippen LogP contribution in [0.1, 0.15) is 27.9 Å². The summed E-state index contributed by atoms with van der Waals surface area (Å²) in [5.74, 6) is 0.545. The van der Waals surface area contributed by atoms with Gasteiger partial charge in [-0.2, -0.15) is 5.26 Å². The summed E-state index contributed by atoms with van der Waals surface area (Å²) >= 11 is 0. The first kappa shape index (κ1) is 29.4. The van der Waals surface area contributed by atoms with E-state index in [2.05, 4.69) is 21.7 Å². The molecule has 2 aliphatic rings. The zero-order valence-corrected chi connectivity index (χ0v) is 24.5. The highest BCUT2D eigenvalue weighted by Crippen LogP contribution is 2.33. The maximum absolute atomic E-state index is 14.7. The third-order valence-corrected chi connectivity index (χ3v) is 7.76. The number of piperidine rings is 1. The molecule has 4 aromatic rings. The molecule has 2 aliphatic heterocycles. The standard InChI is InChI=1S/C34H30FN5O5/c1-43-30-8-7-23-15-28(30)22-4-2-6-26(14-22)44-20-32(41)38-18-21-12-25(35)16-27(13-21)45-31-9-11-40(19-29(31)39-34(23)42)33-24(17-36)5-3-10-37-33/h2-8,10,12-16,29,31H,9,11,18-20H2,1H3,(H,38,41)(H,39,42)/t29-,31-/m1/s1. The molecule has 2 atom stereocenters. The van der Waals surface area contributed by atoms with Crippen molar-refractivity contribution >= 4 is 17.6 Å². The SMILES string of the molecule is COc1ccc2cc1-c1cccc(c1)OCC(=O)NCc1cc(F)cc(c1)O[C@@H]1CCN(c3ncccc3C#N)C[C@H]1NC2=O. The summed E-state index contributed by atoms with van der Waals surface area (Å²) in [5, 5.41) is 15.6. The van der Waals surface area contributed by atoms with Crippen LogP contribution < -0.4 is 29.7 Å². The van der Waals surface area contributed by atoms with E-state index in [1.165, 1.54) is 12.1 Å². The van der Waals surface area contributed by atoms with Gasteiger partial charge in [0.15, 0.2) is 6.61 Å². The van der Waals surface area contributed by atoms with E-state index < -0.39 is 18.0 Å². The monoisotopic (exact) mass is 607 g/mol. The highest BCUT2D eigenvalue weighted by atomic mass is 19.1. The molecule has 45 heavy (non-hydrogen) atoms. The van der Waals surface area contributed by atoms with E-state index in [0.29, 0.717) is 59.1 Å². The Morgan fingerprint density at radius 3 is 2.78 bits per heavy atom. The first-order valence-corrected chi connectivity index (χ1v) is 14.4. The average molecular weight is 608 g/mol. The van der Waals surface area contributed by atoms with E-state index >= 15 is 0 Å². The molecule has 2 N–H and O–H groups in total. The van der Waals surface area contributed by atoms with Crippen LogP contribution >= 0.6 is 0 Å². The fourth-order valence-corrected chi connectivity index (χ4v) is 5.58. The summed E-state index contributed by atoms with van der Waals surface area (Å²) in [4.78, 5) is 32.8. The average Bonchev–Trinajstić information content (AvgIpc) is 3.06. The Hall–Kier alpha value is -5.63. The van der Waals surface area contributed by atoms with Gasteiger partial charge in [0.1, 0.15) is 41.1 Å². The first-order valence-electron chi connectivity index (χ1n) is 14.4. The van der Waals surface area contributed by atoms with Gasteiger partial charge in [-0.15, -0.1) is 0 Å². The summed E-state index contributed by atoms with van der Waals surface area (Å²) < 4.78 is 32.3. The highest BCUT2D eigenvalue weighted by molar-refractivity contribution is 5.96. The Labute approximate surface area is 259 Å². The molecule has 1 saturated heterocycles. The molecule has 228 valence electrons. The first-order chi connectivity index (χ1) is 21.9. The van der Waals surface area contributed by atoms with E-state index in [-0.39, 0.29) is 30.7 Å². The molecule has 0 saturated carbocycles. The van der Waals surface area contributed by atoms with Crippen molar-refractivity contribution in [3.05, 3.63) is 102 Å². The third-order valence-electron chi connectivity index (χ3n) is 7.76. The van der Waals surface area contributed by atoms with E-state index in [4.69, 9.17) is 14.2 Å². The molecule has 1 aromatic heterocycles. The second-order valence-electron chi connectivity index (χ2n) is 10.8. The Kier molecular flexibility index (Phi) is 8.46. The number of carbonyl (C=O) groups is 2. The number of nitrogens with zero attached hydrogens (tertiary/aromatic N) is 3. The maximum atomic E-state index is 14.7. The maximum Gasteiger partial charge on any atom is 0.258 e. The topological polar surface area (TPSA) is 126 Å². The van der Waals surface area contributed by atoms with Crippen LogP contribution in [0.2, 0.25) is 0 Å². The van der Waals surface area contributed by atoms with Gasteiger partial charge in [0, 0.05) is 49.4 Å². The number of carbonyl (C=O) groups excluding carboxylic acids is 2. The largest absolute Gasteiger partial charge is 0.496 e. The number of hydrogen-bond acceptors (Lipinski definition) is 8. The molecule has 6 rings (SSSR count). The van der Waals surface area contributed by atoms with Gasteiger partial charge in [0.2, 0.25) is 0 Å². The normalized spacial score (nSPS) is 18.3. The van der Waals surface area contributed by atoms with Crippen molar-refractivity contribution in [2.45, 2.75) is 25.1 Å². The van der Waals surface area contributed by atoms with Gasteiger partial charge in [-0.3, -0.25) is 9.59 Å². The number of benzene rings is 3. The van der Waals surface area contributed by atoms with Crippen LogP contribution in [0.15, 0.2) is 79.0 Å². The number of nitrogens with one attached hydrogen (secondary N) is 2. The lowest BCUT2D eigenvalue weighted by atomic mass is 9.99. The molecule has 11 heteroatoms. The van der Waals surface area contributed by atoms with Crippen LogP contribution in [0.4, 0.5) is 10.2 Å². The fraction of sp³-hybridized carbons (Fsp3) is 0.235. The molecule has 10 nitrogen and oxygen atoms in total. The van der Waals surface area contributed by atoms with Gasteiger partial charge in [0.25, 0.3) is 11.8 Å². The summed E-state index contributed by atoms with van der Waals surface area (Å²) in [6.07, 6.45) is 1.54. The summed E-state index contributed by atoms with van der Waals surface area (Å²) in [7, 11) is 1.55. The number of fused-ring (bicyclic) bond motifs is 8. The molecule has 0 spiro atoms. The van der Waals surface area contributed by atoms with E-state index in [1.54, 1.807) is 67.9 Å². The van der Waals surface area contributed by atoms with Gasteiger partial charge < -0.3 is 29.7 Å². The van der Waals surface area contributed by atoms with E-state index in [9.17, 15) is 19.2 Å². The molecular formula is C34H30FN5O5. The van der Waals surface area contributed by atoms with Crippen LogP contribution in [-0.2, 0) is 11.3 Å². The minimum atomic E-state index is -0.560. The fourth-order valence-electron chi connectivity index (χ4n) is 5.58. The van der Waals surface area contributed by atoms with Crippen LogP contribution in [0.5, 0.6) is 17.2 Å². The number of rotatable bonds is 2. The molecule has 3 heterocycles. The number of amides is 2. The van der Waals surface area contributed by atoms with Crippen molar-refractivity contribution in [1.29, 1.82) is 5.26 Å². The van der Waals surface area contributed by atoms with E-state index in [0.717, 1.165) is 5.56 Å². The van der Waals surface area contributed by atoms with Gasteiger partial charge in [0.05, 0.1) is 18.7 Å².